The van der Waals surface area contributed by atoms with Gasteiger partial charge in [0.1, 0.15) is 5.69 Å². The normalized spacial score (nSPS) is 13.9. The van der Waals surface area contributed by atoms with Crippen molar-refractivity contribution in [3.63, 3.8) is 0 Å². The number of rotatable bonds is 2. The molecule has 0 spiro atoms. The van der Waals surface area contributed by atoms with Gasteiger partial charge < -0.3 is 10.6 Å². The molecule has 16 heavy (non-hydrogen) atoms. The Morgan fingerprint density at radius 3 is 2.81 bits per heavy atom. The molecule has 84 valence electrons. The molecule has 1 aliphatic heterocycles. The molecule has 0 bridgehead atoms. The zero-order valence-corrected chi connectivity index (χ0v) is 8.74. The maximum Gasteiger partial charge on any atom is 0.292 e. The number of carbonyl (C=O) groups excluding carboxylic acids is 1. The van der Waals surface area contributed by atoms with Crippen LogP contribution in [0.4, 0.5) is 17.1 Å². The lowest BCUT2D eigenvalue weighted by Gasteiger charge is -2.17. The SMILES string of the molecule is CNc1cc2c(cc1[N+](=O)[O-])CCC(=O)N2. The van der Waals surface area contributed by atoms with Crippen LogP contribution < -0.4 is 10.6 Å². The van der Waals surface area contributed by atoms with Gasteiger partial charge in [-0.3, -0.25) is 14.9 Å². The molecule has 0 saturated carbocycles. The number of aryl methyl sites for hydroxylation is 1. The molecule has 0 radical (unpaired) electrons. The molecule has 1 aromatic rings. The topological polar surface area (TPSA) is 84.3 Å². The summed E-state index contributed by atoms with van der Waals surface area (Å²) in [6.07, 6.45) is 0.926. The summed E-state index contributed by atoms with van der Waals surface area (Å²) < 4.78 is 0. The Morgan fingerprint density at radius 2 is 2.19 bits per heavy atom. The van der Waals surface area contributed by atoms with E-state index in [0.717, 1.165) is 5.56 Å². The second kappa shape index (κ2) is 3.80. The van der Waals surface area contributed by atoms with E-state index >= 15 is 0 Å². The Kier molecular flexibility index (Phi) is 2.47. The van der Waals surface area contributed by atoms with Gasteiger partial charge in [0.2, 0.25) is 5.91 Å². The number of nitrogens with zero attached hydrogens (tertiary/aromatic N) is 1. The molecule has 2 rings (SSSR count). The van der Waals surface area contributed by atoms with Crippen molar-refractivity contribution in [1.82, 2.24) is 0 Å². The molecule has 2 N–H and O–H groups in total. The summed E-state index contributed by atoms with van der Waals surface area (Å²) in [5.74, 6) is -0.0524. The molecule has 0 aliphatic carbocycles. The van der Waals surface area contributed by atoms with Crippen molar-refractivity contribution in [2.24, 2.45) is 0 Å². The number of nitrogens with one attached hydrogen (secondary N) is 2. The fourth-order valence-corrected chi connectivity index (χ4v) is 1.77. The third kappa shape index (κ3) is 1.69. The number of nitro groups is 1. The van der Waals surface area contributed by atoms with E-state index in [0.29, 0.717) is 24.2 Å². The minimum absolute atomic E-state index is 0.0393. The Balaban J connectivity index is 2.52. The molecule has 1 amide bonds. The van der Waals surface area contributed by atoms with Crippen LogP contribution in [-0.2, 0) is 11.2 Å². The number of amides is 1. The molecule has 0 fully saturated rings. The number of hydrogen-bond acceptors (Lipinski definition) is 4. The number of fused-ring (bicyclic) bond motifs is 1. The minimum atomic E-state index is -0.428. The third-order valence-electron chi connectivity index (χ3n) is 2.58. The van der Waals surface area contributed by atoms with Crippen LogP contribution in [0.2, 0.25) is 0 Å². The van der Waals surface area contributed by atoms with Crippen LogP contribution in [0.15, 0.2) is 12.1 Å². The molecule has 6 heteroatoms. The van der Waals surface area contributed by atoms with Gasteiger partial charge in [0, 0.05) is 25.2 Å². The lowest BCUT2D eigenvalue weighted by molar-refractivity contribution is -0.384. The third-order valence-corrected chi connectivity index (χ3v) is 2.58. The van der Waals surface area contributed by atoms with Gasteiger partial charge in [-0.2, -0.15) is 0 Å². The van der Waals surface area contributed by atoms with Crippen LogP contribution in [0.25, 0.3) is 0 Å². The first-order valence-electron chi connectivity index (χ1n) is 4.90. The molecule has 1 aromatic carbocycles. The predicted octanol–water partition coefficient (Wildman–Crippen LogP) is 1.52. The standard InChI is InChI=1S/C10H11N3O3/c1-11-8-5-7-6(2-3-10(14)12-7)4-9(8)13(15)16/h4-5,11H,2-3H2,1H3,(H,12,14). The number of hydrogen-bond donors (Lipinski definition) is 2. The van der Waals surface area contributed by atoms with Gasteiger partial charge in [-0.15, -0.1) is 0 Å². The average molecular weight is 221 g/mol. The first kappa shape index (κ1) is 10.4. The molecule has 0 atom stereocenters. The fourth-order valence-electron chi connectivity index (χ4n) is 1.77. The molecule has 1 heterocycles. The summed E-state index contributed by atoms with van der Waals surface area (Å²) in [6, 6.07) is 3.12. The predicted molar refractivity (Wildman–Crippen MR) is 59.6 cm³/mol. The van der Waals surface area contributed by atoms with Crippen LogP contribution in [-0.4, -0.2) is 17.9 Å². The zero-order valence-electron chi connectivity index (χ0n) is 8.74. The number of benzene rings is 1. The number of carbonyl (C=O) groups is 1. The maximum absolute atomic E-state index is 11.2. The Bertz CT molecular complexity index is 471. The average Bonchev–Trinajstić information content (AvgIpc) is 2.26. The zero-order chi connectivity index (χ0) is 11.7. The highest BCUT2D eigenvalue weighted by molar-refractivity contribution is 5.95. The lowest BCUT2D eigenvalue weighted by atomic mass is 10.0. The van der Waals surface area contributed by atoms with Crippen molar-refractivity contribution in [2.45, 2.75) is 12.8 Å². The quantitative estimate of drug-likeness (QED) is 0.585. The summed E-state index contributed by atoms with van der Waals surface area (Å²) in [4.78, 5) is 21.6. The van der Waals surface area contributed by atoms with E-state index in [1.807, 2.05) is 0 Å². The van der Waals surface area contributed by atoms with Crippen molar-refractivity contribution < 1.29 is 9.72 Å². The first-order valence-corrected chi connectivity index (χ1v) is 4.90. The fraction of sp³-hybridized carbons (Fsp3) is 0.300. The van der Waals surface area contributed by atoms with Crippen molar-refractivity contribution >= 4 is 23.0 Å². The number of anilines is 2. The first-order chi connectivity index (χ1) is 7.61. The van der Waals surface area contributed by atoms with Gasteiger partial charge in [0.25, 0.3) is 5.69 Å². The van der Waals surface area contributed by atoms with Crippen molar-refractivity contribution in [2.75, 3.05) is 17.7 Å². The molecule has 6 nitrogen and oxygen atoms in total. The van der Waals surface area contributed by atoms with Crippen molar-refractivity contribution in [3.8, 4) is 0 Å². The summed E-state index contributed by atoms with van der Waals surface area (Å²) in [5, 5.41) is 16.3. The molecule has 1 aliphatic rings. The molecule has 0 saturated heterocycles. The van der Waals surface area contributed by atoms with Crippen LogP contribution in [0.1, 0.15) is 12.0 Å². The molecular weight excluding hydrogens is 210 g/mol. The van der Waals surface area contributed by atoms with E-state index < -0.39 is 4.92 Å². The van der Waals surface area contributed by atoms with Gasteiger partial charge >= 0.3 is 0 Å². The van der Waals surface area contributed by atoms with E-state index in [1.165, 1.54) is 6.07 Å². The van der Waals surface area contributed by atoms with Gasteiger partial charge in [-0.1, -0.05) is 0 Å². The summed E-state index contributed by atoms with van der Waals surface area (Å²) in [5.41, 5.74) is 1.92. The maximum atomic E-state index is 11.2. The second-order valence-corrected chi connectivity index (χ2v) is 3.58. The van der Waals surface area contributed by atoms with E-state index in [1.54, 1.807) is 13.1 Å². The minimum Gasteiger partial charge on any atom is -0.383 e. The summed E-state index contributed by atoms with van der Waals surface area (Å²) >= 11 is 0. The number of nitro benzene ring substituents is 1. The smallest absolute Gasteiger partial charge is 0.292 e. The Labute approximate surface area is 91.8 Å². The summed E-state index contributed by atoms with van der Waals surface area (Å²) in [6.45, 7) is 0. The van der Waals surface area contributed by atoms with Crippen molar-refractivity contribution in [1.29, 1.82) is 0 Å². The van der Waals surface area contributed by atoms with E-state index in [9.17, 15) is 14.9 Å². The van der Waals surface area contributed by atoms with Crippen molar-refractivity contribution in [3.05, 3.63) is 27.8 Å². The highest BCUT2D eigenvalue weighted by atomic mass is 16.6. The van der Waals surface area contributed by atoms with Crippen LogP contribution in [0.3, 0.4) is 0 Å². The monoisotopic (exact) mass is 221 g/mol. The van der Waals surface area contributed by atoms with E-state index in [4.69, 9.17) is 0 Å². The Hall–Kier alpha value is -2.11. The van der Waals surface area contributed by atoms with Crippen LogP contribution in [0.5, 0.6) is 0 Å². The van der Waals surface area contributed by atoms with Gasteiger partial charge in [-0.25, -0.2) is 0 Å². The van der Waals surface area contributed by atoms with Crippen LogP contribution in [0, 0.1) is 10.1 Å². The molecular formula is C10H11N3O3. The molecule has 0 aromatic heterocycles. The van der Waals surface area contributed by atoms with E-state index in [-0.39, 0.29) is 11.6 Å². The largest absolute Gasteiger partial charge is 0.383 e. The lowest BCUT2D eigenvalue weighted by Crippen LogP contribution is -2.19. The van der Waals surface area contributed by atoms with E-state index in [2.05, 4.69) is 10.6 Å². The highest BCUT2D eigenvalue weighted by Crippen LogP contribution is 2.33. The van der Waals surface area contributed by atoms with Gasteiger partial charge in [0.05, 0.1) is 4.92 Å². The highest BCUT2D eigenvalue weighted by Gasteiger charge is 2.21. The second-order valence-electron chi connectivity index (χ2n) is 3.58. The molecule has 0 unspecified atom stereocenters. The Morgan fingerprint density at radius 1 is 1.44 bits per heavy atom. The summed E-state index contributed by atoms with van der Waals surface area (Å²) in [7, 11) is 1.61. The van der Waals surface area contributed by atoms with Gasteiger partial charge in [0.15, 0.2) is 0 Å². The van der Waals surface area contributed by atoms with Crippen LogP contribution >= 0.6 is 0 Å². The van der Waals surface area contributed by atoms with Gasteiger partial charge in [-0.05, 0) is 18.1 Å².